The van der Waals surface area contributed by atoms with Gasteiger partial charge < -0.3 is 9.64 Å². The van der Waals surface area contributed by atoms with E-state index in [-0.39, 0.29) is 0 Å². The first-order valence-corrected chi connectivity index (χ1v) is 6.07. The average molecular weight is 238 g/mol. The quantitative estimate of drug-likeness (QED) is 0.745. The number of hydrogen-bond acceptors (Lipinski definition) is 2. The molecule has 1 spiro atoms. The lowest BCUT2D eigenvalue weighted by molar-refractivity contribution is -0.127. The molecule has 0 saturated carbocycles. The summed E-state index contributed by atoms with van der Waals surface area (Å²) in [4.78, 5) is 2.45. The summed E-state index contributed by atoms with van der Waals surface area (Å²) in [5.74, 6) is 0. The van der Waals surface area contributed by atoms with Crippen LogP contribution in [0.3, 0.4) is 0 Å². The van der Waals surface area contributed by atoms with E-state index in [1.54, 1.807) is 0 Å². The minimum atomic E-state index is 0.471. The average Bonchev–Trinajstić information content (AvgIpc) is 2.03. The summed E-state index contributed by atoms with van der Waals surface area (Å²) in [6.07, 6.45) is 0. The molecule has 2 aliphatic rings. The van der Waals surface area contributed by atoms with Gasteiger partial charge in [-0.2, -0.15) is 0 Å². The number of aryl methyl sites for hydroxylation is 2. The molecule has 2 nitrogen and oxygen atoms in total. The first kappa shape index (κ1) is 10.4. The van der Waals surface area contributed by atoms with Crippen LogP contribution in [0.2, 0.25) is 5.02 Å². The maximum absolute atomic E-state index is 6.04. The second-order valence-electron chi connectivity index (χ2n) is 5.24. The molecule has 1 aromatic rings. The fraction of sp³-hybridized carbons (Fsp3) is 0.538. The molecule has 0 bridgehead atoms. The van der Waals surface area contributed by atoms with Crippen molar-refractivity contribution in [2.24, 2.45) is 5.41 Å². The maximum Gasteiger partial charge on any atom is 0.0579 e. The third-order valence-electron chi connectivity index (χ3n) is 3.64. The summed E-state index contributed by atoms with van der Waals surface area (Å²) >= 11 is 6.04. The van der Waals surface area contributed by atoms with Crippen LogP contribution in [0.15, 0.2) is 12.1 Å². The zero-order chi connectivity index (χ0) is 11.3. The molecule has 86 valence electrons. The molecule has 0 N–H and O–H groups in total. The Bertz CT molecular complexity index is 409. The number of nitrogens with zero attached hydrogens (tertiary/aromatic N) is 1. The molecule has 0 aliphatic carbocycles. The zero-order valence-corrected chi connectivity index (χ0v) is 10.5. The third-order valence-corrected chi connectivity index (χ3v) is 3.86. The molecule has 0 atom stereocenters. The highest BCUT2D eigenvalue weighted by Crippen LogP contribution is 2.42. The first-order valence-electron chi connectivity index (χ1n) is 5.69. The molecule has 0 amide bonds. The van der Waals surface area contributed by atoms with Gasteiger partial charge in [-0.25, -0.2) is 0 Å². The fourth-order valence-electron chi connectivity index (χ4n) is 2.90. The SMILES string of the molecule is Cc1cc(Cl)cc(C)c1N1CC2(COC2)C1. The zero-order valence-electron chi connectivity index (χ0n) is 9.72. The van der Waals surface area contributed by atoms with Crippen molar-refractivity contribution in [1.29, 1.82) is 0 Å². The Morgan fingerprint density at radius 2 is 1.75 bits per heavy atom. The van der Waals surface area contributed by atoms with Gasteiger partial charge in [-0.05, 0) is 37.1 Å². The first-order chi connectivity index (χ1) is 7.60. The summed E-state index contributed by atoms with van der Waals surface area (Å²) in [5, 5.41) is 0.834. The predicted octanol–water partition coefficient (Wildman–Crippen LogP) is 2.79. The van der Waals surface area contributed by atoms with E-state index in [0.29, 0.717) is 5.41 Å². The summed E-state index contributed by atoms with van der Waals surface area (Å²) in [6.45, 7) is 8.42. The molecule has 0 unspecified atom stereocenters. The number of rotatable bonds is 1. The summed E-state index contributed by atoms with van der Waals surface area (Å²) in [6, 6.07) is 4.10. The minimum Gasteiger partial charge on any atom is -0.380 e. The Kier molecular flexibility index (Phi) is 2.20. The van der Waals surface area contributed by atoms with E-state index in [1.807, 2.05) is 12.1 Å². The molecule has 1 aromatic carbocycles. The molecule has 2 aliphatic heterocycles. The van der Waals surface area contributed by atoms with Crippen molar-refractivity contribution in [3.8, 4) is 0 Å². The van der Waals surface area contributed by atoms with Gasteiger partial charge in [0.1, 0.15) is 0 Å². The normalized spacial score (nSPS) is 21.8. The van der Waals surface area contributed by atoms with Gasteiger partial charge in [0.25, 0.3) is 0 Å². The lowest BCUT2D eigenvalue weighted by Gasteiger charge is -2.56. The molecule has 3 heteroatoms. The molecule has 2 saturated heterocycles. The second-order valence-corrected chi connectivity index (χ2v) is 5.67. The van der Waals surface area contributed by atoms with Crippen molar-refractivity contribution in [1.82, 2.24) is 0 Å². The van der Waals surface area contributed by atoms with Crippen molar-refractivity contribution in [2.75, 3.05) is 31.2 Å². The number of hydrogen-bond donors (Lipinski definition) is 0. The van der Waals surface area contributed by atoms with E-state index >= 15 is 0 Å². The largest absolute Gasteiger partial charge is 0.380 e. The molecule has 16 heavy (non-hydrogen) atoms. The molecule has 0 radical (unpaired) electrons. The fourth-order valence-corrected chi connectivity index (χ4v) is 3.22. The van der Waals surface area contributed by atoms with Gasteiger partial charge in [-0.1, -0.05) is 11.6 Å². The van der Waals surface area contributed by atoms with Gasteiger partial charge >= 0.3 is 0 Å². The van der Waals surface area contributed by atoms with Crippen LogP contribution in [0.1, 0.15) is 11.1 Å². The molecule has 0 aromatic heterocycles. The molecule has 2 fully saturated rings. The minimum absolute atomic E-state index is 0.471. The number of ether oxygens (including phenoxy) is 1. The van der Waals surface area contributed by atoms with E-state index in [0.717, 1.165) is 31.3 Å². The van der Waals surface area contributed by atoms with Crippen LogP contribution in [0.25, 0.3) is 0 Å². The highest BCUT2D eigenvalue weighted by atomic mass is 35.5. The van der Waals surface area contributed by atoms with Crippen molar-refractivity contribution in [3.05, 3.63) is 28.3 Å². The van der Waals surface area contributed by atoms with Crippen LogP contribution >= 0.6 is 11.6 Å². The van der Waals surface area contributed by atoms with Gasteiger partial charge in [0, 0.05) is 23.8 Å². The van der Waals surface area contributed by atoms with E-state index < -0.39 is 0 Å². The Labute approximate surface area is 101 Å². The Balaban J connectivity index is 1.85. The number of halogens is 1. The Morgan fingerprint density at radius 3 is 2.19 bits per heavy atom. The van der Waals surface area contributed by atoms with Gasteiger partial charge in [0.2, 0.25) is 0 Å². The van der Waals surface area contributed by atoms with Crippen LogP contribution in [0, 0.1) is 19.3 Å². The topological polar surface area (TPSA) is 12.5 Å². The highest BCUT2D eigenvalue weighted by molar-refractivity contribution is 6.30. The van der Waals surface area contributed by atoms with Crippen LogP contribution in [0.5, 0.6) is 0 Å². The smallest absolute Gasteiger partial charge is 0.0579 e. The Morgan fingerprint density at radius 1 is 1.19 bits per heavy atom. The summed E-state index contributed by atoms with van der Waals surface area (Å²) in [5.41, 5.74) is 4.39. The Hall–Kier alpha value is -0.730. The van der Waals surface area contributed by atoms with Gasteiger partial charge in [-0.15, -0.1) is 0 Å². The molecule has 2 heterocycles. The monoisotopic (exact) mass is 237 g/mol. The van der Waals surface area contributed by atoms with E-state index in [4.69, 9.17) is 16.3 Å². The summed E-state index contributed by atoms with van der Waals surface area (Å²) < 4.78 is 5.30. The van der Waals surface area contributed by atoms with Crippen molar-refractivity contribution in [2.45, 2.75) is 13.8 Å². The molecular weight excluding hydrogens is 222 g/mol. The van der Waals surface area contributed by atoms with E-state index in [1.165, 1.54) is 16.8 Å². The van der Waals surface area contributed by atoms with Gasteiger partial charge in [0.15, 0.2) is 0 Å². The van der Waals surface area contributed by atoms with Gasteiger partial charge in [-0.3, -0.25) is 0 Å². The van der Waals surface area contributed by atoms with E-state index in [9.17, 15) is 0 Å². The second kappa shape index (κ2) is 3.38. The van der Waals surface area contributed by atoms with Crippen molar-refractivity contribution in [3.63, 3.8) is 0 Å². The number of benzene rings is 1. The van der Waals surface area contributed by atoms with Crippen LogP contribution in [-0.2, 0) is 4.74 Å². The van der Waals surface area contributed by atoms with Crippen LogP contribution in [-0.4, -0.2) is 26.3 Å². The van der Waals surface area contributed by atoms with Crippen molar-refractivity contribution >= 4 is 17.3 Å². The van der Waals surface area contributed by atoms with E-state index in [2.05, 4.69) is 18.7 Å². The predicted molar refractivity (Wildman–Crippen MR) is 66.4 cm³/mol. The van der Waals surface area contributed by atoms with Gasteiger partial charge in [0.05, 0.1) is 18.6 Å². The van der Waals surface area contributed by atoms with Crippen LogP contribution in [0.4, 0.5) is 5.69 Å². The molecular formula is C13H16ClNO. The standard InChI is InChI=1S/C13H16ClNO/c1-9-3-11(14)4-10(2)12(9)15-5-13(6-15)7-16-8-13/h3-4H,5-8H2,1-2H3. The molecule has 3 rings (SSSR count). The van der Waals surface area contributed by atoms with Crippen molar-refractivity contribution < 1.29 is 4.74 Å². The summed E-state index contributed by atoms with van der Waals surface area (Å²) in [7, 11) is 0. The lowest BCUT2D eigenvalue weighted by Crippen LogP contribution is -2.66. The third kappa shape index (κ3) is 1.44. The van der Waals surface area contributed by atoms with Crippen LogP contribution < -0.4 is 4.90 Å². The maximum atomic E-state index is 6.04. The lowest BCUT2D eigenvalue weighted by atomic mass is 9.77. The highest BCUT2D eigenvalue weighted by Gasteiger charge is 2.49. The number of anilines is 1.